The van der Waals surface area contributed by atoms with Crippen LogP contribution in [0.15, 0.2) is 23.3 Å². The standard InChI is InChI=1S/2C30H48O3.2C2H6O/c2*1-25(2)14-16-30(24(32)33)17-15-28(6)19(20(30)18-25)8-9-22-27(5)12-11-23(31)26(3,4)21(27)10-13-29(22,28)7;2*1-2-3/h2*8,20-23,31H,9-18H2,1-7H3,(H,32,33);2*3H,2H2,1H3/t2*20-,21-,22+,23-,27-,28+,29+,30-;;/m00../s1. The van der Waals surface area contributed by atoms with Crippen LogP contribution in [0.3, 0.4) is 0 Å². The zero-order valence-electron chi connectivity index (χ0n) is 48.8. The first kappa shape index (κ1) is 58.0. The molecule has 8 heteroatoms. The fourth-order valence-corrected chi connectivity index (χ4v) is 21.2. The first-order valence-corrected chi connectivity index (χ1v) is 29.6. The van der Waals surface area contributed by atoms with E-state index in [2.05, 4.69) is 109 Å². The Morgan fingerprint density at radius 2 is 0.764 bits per heavy atom. The molecule has 0 heterocycles. The van der Waals surface area contributed by atoms with Crippen molar-refractivity contribution >= 4 is 11.9 Å². The molecule has 8 saturated carbocycles. The fourth-order valence-electron chi connectivity index (χ4n) is 21.2. The van der Waals surface area contributed by atoms with Crippen molar-refractivity contribution in [3.8, 4) is 0 Å². The molecule has 0 saturated heterocycles. The normalized spacial score (nSPS) is 48.6. The van der Waals surface area contributed by atoms with Gasteiger partial charge in [0.05, 0.1) is 23.0 Å². The summed E-state index contributed by atoms with van der Waals surface area (Å²) in [4.78, 5) is 25.5. The molecule has 8 fully saturated rings. The van der Waals surface area contributed by atoms with Gasteiger partial charge in [-0.25, -0.2) is 0 Å². The summed E-state index contributed by atoms with van der Waals surface area (Å²) in [6.07, 6.45) is 25.2. The van der Waals surface area contributed by atoms with Crippen LogP contribution in [0.4, 0.5) is 0 Å². The molecule has 6 N–H and O–H groups in total. The Labute approximate surface area is 438 Å². The first-order valence-electron chi connectivity index (χ1n) is 29.6. The molecule has 10 aliphatic rings. The van der Waals surface area contributed by atoms with Crippen LogP contribution in [-0.2, 0) is 9.59 Å². The number of rotatable bonds is 2. The van der Waals surface area contributed by atoms with Crippen LogP contribution in [0.25, 0.3) is 0 Å². The van der Waals surface area contributed by atoms with Gasteiger partial charge in [0.1, 0.15) is 0 Å². The van der Waals surface area contributed by atoms with Crippen molar-refractivity contribution in [2.45, 2.75) is 251 Å². The van der Waals surface area contributed by atoms with E-state index >= 15 is 0 Å². The molecule has 8 nitrogen and oxygen atoms in total. The molecular formula is C64H108O8. The SMILES string of the molecule is CC1(C)CC[C@]2(C(=O)O)CC[C@]3(C)C(=CC[C@@H]4[C@@]5(C)CC[C@H](O)C(C)(C)[C@@H]5CC[C@]43C)[C@@H]2C1.CC1(C)CC[C@]2(C(=O)O)CC[C@]3(C)C(=CC[C@@H]4[C@@]5(C)CC[C@H](O)C(C)(C)[C@@H]5CC[C@]43C)[C@@H]2C1.CCO.CCO. The van der Waals surface area contributed by atoms with Crippen LogP contribution < -0.4 is 0 Å². The molecule has 0 spiro atoms. The van der Waals surface area contributed by atoms with Crippen LogP contribution in [0.5, 0.6) is 0 Å². The van der Waals surface area contributed by atoms with Gasteiger partial charge in [-0.2, -0.15) is 0 Å². The Morgan fingerprint density at radius 3 is 1.07 bits per heavy atom. The quantitative estimate of drug-likeness (QED) is 0.149. The van der Waals surface area contributed by atoms with E-state index in [4.69, 9.17) is 10.2 Å². The molecule has 0 aliphatic heterocycles. The summed E-state index contributed by atoms with van der Waals surface area (Å²) in [5.41, 5.74) is 3.35. The molecule has 10 aliphatic carbocycles. The second-order valence-corrected chi connectivity index (χ2v) is 30.7. The van der Waals surface area contributed by atoms with E-state index in [0.29, 0.717) is 23.7 Å². The topological polar surface area (TPSA) is 156 Å². The van der Waals surface area contributed by atoms with Crippen molar-refractivity contribution in [3.63, 3.8) is 0 Å². The predicted molar refractivity (Wildman–Crippen MR) is 291 cm³/mol. The third-order valence-corrected chi connectivity index (χ3v) is 26.1. The van der Waals surface area contributed by atoms with Gasteiger partial charge < -0.3 is 30.6 Å². The minimum absolute atomic E-state index is 0.0301. The van der Waals surface area contributed by atoms with Gasteiger partial charge in [-0.05, 0) is 232 Å². The third kappa shape index (κ3) is 8.35. The van der Waals surface area contributed by atoms with Crippen molar-refractivity contribution < 1.29 is 40.2 Å². The fraction of sp³-hybridized carbons (Fsp3) is 0.906. The van der Waals surface area contributed by atoms with Crippen molar-refractivity contribution in [3.05, 3.63) is 23.3 Å². The second kappa shape index (κ2) is 19.0. The van der Waals surface area contributed by atoms with Gasteiger partial charge in [-0.3, -0.25) is 9.59 Å². The highest BCUT2D eigenvalue weighted by Crippen LogP contribution is 2.78. The lowest BCUT2D eigenvalue weighted by Gasteiger charge is -2.71. The van der Waals surface area contributed by atoms with Crippen molar-refractivity contribution in [1.29, 1.82) is 0 Å². The second-order valence-electron chi connectivity index (χ2n) is 30.7. The van der Waals surface area contributed by atoms with Crippen LogP contribution in [0, 0.1) is 100 Å². The minimum Gasteiger partial charge on any atom is -0.481 e. The van der Waals surface area contributed by atoms with E-state index in [1.165, 1.54) is 36.8 Å². The summed E-state index contributed by atoms with van der Waals surface area (Å²) >= 11 is 0. The molecule has 0 unspecified atom stereocenters. The third-order valence-electron chi connectivity index (χ3n) is 26.1. The van der Waals surface area contributed by atoms with Gasteiger partial charge in [-0.1, -0.05) is 120 Å². The van der Waals surface area contributed by atoms with E-state index in [1.54, 1.807) is 13.8 Å². The highest BCUT2D eigenvalue weighted by atomic mass is 16.4. The van der Waals surface area contributed by atoms with Gasteiger partial charge in [0.25, 0.3) is 0 Å². The van der Waals surface area contributed by atoms with E-state index in [9.17, 15) is 30.0 Å². The lowest BCUT2D eigenvalue weighted by Crippen LogP contribution is -2.65. The highest BCUT2D eigenvalue weighted by molar-refractivity contribution is 5.77. The zero-order valence-corrected chi connectivity index (χ0v) is 48.8. The summed E-state index contributed by atoms with van der Waals surface area (Å²) in [6, 6.07) is 0. The lowest BCUT2D eigenvalue weighted by molar-refractivity contribution is -0.205. The molecule has 412 valence electrons. The minimum atomic E-state index is -0.553. The average molecular weight is 1010 g/mol. The monoisotopic (exact) mass is 1000 g/mol. The number of aliphatic hydroxyl groups is 4. The number of fused-ring (bicyclic) bond motifs is 14. The van der Waals surface area contributed by atoms with E-state index in [0.717, 1.165) is 103 Å². The number of hydrogen-bond donors (Lipinski definition) is 6. The number of carbonyl (C=O) groups is 2. The van der Waals surface area contributed by atoms with Crippen LogP contribution in [-0.4, -0.2) is 68.0 Å². The summed E-state index contributed by atoms with van der Waals surface area (Å²) in [7, 11) is 0. The van der Waals surface area contributed by atoms with Gasteiger partial charge in [0.15, 0.2) is 0 Å². The molecule has 0 radical (unpaired) electrons. The molecule has 0 aromatic rings. The summed E-state index contributed by atoms with van der Waals surface area (Å²) < 4.78 is 0. The molecule has 10 rings (SSSR count). The van der Waals surface area contributed by atoms with Crippen molar-refractivity contribution in [1.82, 2.24) is 0 Å². The van der Waals surface area contributed by atoms with E-state index < -0.39 is 22.8 Å². The van der Waals surface area contributed by atoms with Crippen LogP contribution in [0.1, 0.15) is 239 Å². The Kier molecular flexibility index (Phi) is 15.3. The largest absolute Gasteiger partial charge is 0.481 e. The Hall–Kier alpha value is -1.74. The Bertz CT molecular complexity index is 1950. The van der Waals surface area contributed by atoms with E-state index in [1.807, 2.05) is 0 Å². The molecule has 0 bridgehead atoms. The Balaban J connectivity index is 0.000000191. The molecule has 16 atom stereocenters. The number of carboxylic acid groups (broad SMARTS) is 2. The van der Waals surface area contributed by atoms with Gasteiger partial charge in [0, 0.05) is 13.2 Å². The summed E-state index contributed by atoms with van der Waals surface area (Å²) in [5.74, 6) is 1.61. The predicted octanol–water partition coefficient (Wildman–Crippen LogP) is 14.5. The number of aliphatic carboxylic acids is 2. The maximum Gasteiger partial charge on any atom is 0.310 e. The number of allylic oxidation sites excluding steroid dienone is 4. The van der Waals surface area contributed by atoms with Gasteiger partial charge >= 0.3 is 11.9 Å². The average Bonchev–Trinajstić information content (AvgIpc) is 3.27. The zero-order chi connectivity index (χ0) is 53.9. The maximum absolute atomic E-state index is 12.8. The lowest BCUT2D eigenvalue weighted by atomic mass is 9.33. The number of aliphatic hydroxyl groups excluding tert-OH is 4. The van der Waals surface area contributed by atoms with Crippen molar-refractivity contribution in [2.75, 3.05) is 13.2 Å². The van der Waals surface area contributed by atoms with Gasteiger partial charge in [0.2, 0.25) is 0 Å². The van der Waals surface area contributed by atoms with Crippen LogP contribution >= 0.6 is 0 Å². The smallest absolute Gasteiger partial charge is 0.310 e. The molecule has 72 heavy (non-hydrogen) atoms. The molecule has 0 aromatic carbocycles. The number of carboxylic acids is 2. The first-order chi connectivity index (χ1) is 33.1. The maximum atomic E-state index is 12.8. The number of hydrogen-bond acceptors (Lipinski definition) is 6. The molecule has 0 amide bonds. The van der Waals surface area contributed by atoms with Crippen molar-refractivity contribution in [2.24, 2.45) is 100 Å². The Morgan fingerprint density at radius 1 is 0.458 bits per heavy atom. The van der Waals surface area contributed by atoms with Gasteiger partial charge in [-0.15, -0.1) is 0 Å². The summed E-state index contributed by atoms with van der Waals surface area (Å²) in [5, 5.41) is 57.9. The van der Waals surface area contributed by atoms with Crippen LogP contribution in [0.2, 0.25) is 0 Å². The molecular weight excluding hydrogens is 897 g/mol. The molecule has 0 aromatic heterocycles. The summed E-state index contributed by atoms with van der Waals surface area (Å²) in [6.45, 7) is 37.8. The van der Waals surface area contributed by atoms with E-state index in [-0.39, 0.29) is 91.4 Å². The highest BCUT2D eigenvalue weighted by Gasteiger charge is 2.71.